The molecule has 0 bridgehead atoms. The minimum Gasteiger partial charge on any atom is -0.497 e. The van der Waals surface area contributed by atoms with Crippen LogP contribution in [0.5, 0.6) is 5.75 Å². The topological polar surface area (TPSA) is 76.5 Å². The molecule has 1 atom stereocenters. The van der Waals surface area contributed by atoms with Crippen LogP contribution in [0.2, 0.25) is 0 Å². The number of halogens is 1. The molecule has 1 saturated heterocycles. The molecule has 3 aromatic rings. The lowest BCUT2D eigenvalue weighted by Crippen LogP contribution is -2.43. The van der Waals surface area contributed by atoms with Crippen LogP contribution in [-0.2, 0) is 4.79 Å². The third-order valence-electron chi connectivity index (χ3n) is 5.49. The summed E-state index contributed by atoms with van der Waals surface area (Å²) in [6, 6.07) is 12.7. The van der Waals surface area contributed by atoms with Gasteiger partial charge in [-0.3, -0.25) is 9.59 Å². The van der Waals surface area contributed by atoms with Crippen molar-refractivity contribution in [1.82, 2.24) is 14.7 Å². The Hall–Kier alpha value is -3.68. The normalized spacial score (nSPS) is 15.7. The monoisotopic (exact) mass is 422 g/mol. The van der Waals surface area contributed by atoms with Gasteiger partial charge in [-0.2, -0.15) is 5.10 Å². The van der Waals surface area contributed by atoms with Gasteiger partial charge in [0, 0.05) is 12.2 Å². The van der Waals surface area contributed by atoms with Crippen LogP contribution < -0.4 is 10.1 Å². The third-order valence-corrected chi connectivity index (χ3v) is 5.49. The zero-order valence-electron chi connectivity index (χ0n) is 17.3. The number of hydrogen-bond acceptors (Lipinski definition) is 4. The number of carbonyl (C=O) groups is 2. The summed E-state index contributed by atoms with van der Waals surface area (Å²) < 4.78 is 20.7. The number of methoxy groups -OCH3 is 1. The predicted molar refractivity (Wildman–Crippen MR) is 114 cm³/mol. The van der Waals surface area contributed by atoms with Crippen molar-refractivity contribution in [2.45, 2.75) is 25.8 Å². The maximum atomic E-state index is 14.2. The minimum absolute atomic E-state index is 0.241. The standard InChI is InChI=1S/C23H23FN4O3/c1-15-18(14-25-28(15)20-7-4-3-6-19(20)24)23(30)27-13-5-8-21(27)22(29)26-16-9-11-17(31-2)12-10-16/h3-4,6-7,9-12,14,21H,5,8,13H2,1-2H3,(H,26,29). The number of rotatable bonds is 5. The summed E-state index contributed by atoms with van der Waals surface area (Å²) in [5.41, 5.74) is 1.78. The summed E-state index contributed by atoms with van der Waals surface area (Å²) in [6.07, 6.45) is 2.74. The van der Waals surface area contributed by atoms with Crippen molar-refractivity contribution >= 4 is 17.5 Å². The summed E-state index contributed by atoms with van der Waals surface area (Å²) in [5, 5.41) is 7.08. The Balaban J connectivity index is 1.53. The Morgan fingerprint density at radius 2 is 1.90 bits per heavy atom. The number of nitrogens with one attached hydrogen (secondary N) is 1. The molecule has 160 valence electrons. The van der Waals surface area contributed by atoms with Gasteiger partial charge in [-0.1, -0.05) is 12.1 Å². The Morgan fingerprint density at radius 1 is 1.16 bits per heavy atom. The average Bonchev–Trinajstić information content (AvgIpc) is 3.41. The van der Waals surface area contributed by atoms with E-state index in [4.69, 9.17) is 4.74 Å². The van der Waals surface area contributed by atoms with Gasteiger partial charge in [0.05, 0.1) is 24.6 Å². The van der Waals surface area contributed by atoms with Gasteiger partial charge in [-0.25, -0.2) is 9.07 Å². The molecule has 1 aromatic heterocycles. The molecule has 0 aliphatic carbocycles. The van der Waals surface area contributed by atoms with Crippen molar-refractivity contribution in [3.63, 3.8) is 0 Å². The number of ether oxygens (including phenoxy) is 1. The fourth-order valence-corrected chi connectivity index (χ4v) is 3.82. The summed E-state index contributed by atoms with van der Waals surface area (Å²) in [6.45, 7) is 2.19. The van der Waals surface area contributed by atoms with E-state index >= 15 is 0 Å². The Kier molecular flexibility index (Phi) is 5.70. The van der Waals surface area contributed by atoms with Crippen molar-refractivity contribution < 1.29 is 18.7 Å². The van der Waals surface area contributed by atoms with Gasteiger partial charge in [-0.05, 0) is 56.2 Å². The molecule has 2 amide bonds. The van der Waals surface area contributed by atoms with Crippen molar-refractivity contribution in [3.8, 4) is 11.4 Å². The average molecular weight is 422 g/mol. The highest BCUT2D eigenvalue weighted by Gasteiger charge is 2.36. The van der Waals surface area contributed by atoms with E-state index in [-0.39, 0.29) is 17.5 Å². The second-order valence-corrected chi connectivity index (χ2v) is 7.38. The Labute approximate surface area is 179 Å². The second kappa shape index (κ2) is 8.59. The van der Waals surface area contributed by atoms with Gasteiger partial charge < -0.3 is 15.0 Å². The Morgan fingerprint density at radius 3 is 2.61 bits per heavy atom. The van der Waals surface area contributed by atoms with E-state index in [9.17, 15) is 14.0 Å². The first-order valence-electron chi connectivity index (χ1n) is 10.0. The number of carbonyl (C=O) groups excluding carboxylic acids is 2. The number of amides is 2. The number of likely N-dealkylation sites (tertiary alicyclic amines) is 1. The van der Waals surface area contributed by atoms with E-state index in [0.29, 0.717) is 35.7 Å². The summed E-state index contributed by atoms with van der Waals surface area (Å²) in [7, 11) is 1.58. The molecular formula is C23H23FN4O3. The lowest BCUT2D eigenvalue weighted by molar-refractivity contribution is -0.119. The van der Waals surface area contributed by atoms with Gasteiger partial charge in [0.15, 0.2) is 0 Å². The number of hydrogen-bond donors (Lipinski definition) is 1. The SMILES string of the molecule is COc1ccc(NC(=O)C2CCCN2C(=O)c2cnn(-c3ccccc3F)c2C)cc1. The molecule has 7 nitrogen and oxygen atoms in total. The molecule has 1 fully saturated rings. The Bertz CT molecular complexity index is 1110. The molecule has 8 heteroatoms. The lowest BCUT2D eigenvalue weighted by Gasteiger charge is -2.24. The third kappa shape index (κ3) is 4.01. The maximum Gasteiger partial charge on any atom is 0.258 e. The summed E-state index contributed by atoms with van der Waals surface area (Å²) in [4.78, 5) is 27.7. The zero-order chi connectivity index (χ0) is 22.0. The number of benzene rings is 2. The number of anilines is 1. The first-order valence-corrected chi connectivity index (χ1v) is 10.0. The van der Waals surface area contributed by atoms with E-state index in [1.165, 1.54) is 16.9 Å². The molecule has 0 spiro atoms. The highest BCUT2D eigenvalue weighted by atomic mass is 19.1. The number of aromatic nitrogens is 2. The highest BCUT2D eigenvalue weighted by molar-refractivity contribution is 6.02. The fraction of sp³-hybridized carbons (Fsp3) is 0.261. The van der Waals surface area contributed by atoms with Gasteiger partial charge in [0.25, 0.3) is 5.91 Å². The van der Waals surface area contributed by atoms with Crippen LogP contribution in [0.4, 0.5) is 10.1 Å². The van der Waals surface area contributed by atoms with E-state index in [1.54, 1.807) is 61.4 Å². The zero-order valence-corrected chi connectivity index (χ0v) is 17.3. The minimum atomic E-state index is -0.578. The van der Waals surface area contributed by atoms with Crippen LogP contribution in [0.3, 0.4) is 0 Å². The van der Waals surface area contributed by atoms with Gasteiger partial charge in [0.1, 0.15) is 23.3 Å². The second-order valence-electron chi connectivity index (χ2n) is 7.38. The molecule has 2 heterocycles. The van der Waals surface area contributed by atoms with Crippen molar-refractivity contribution in [2.75, 3.05) is 19.0 Å². The summed E-state index contributed by atoms with van der Waals surface area (Å²) in [5.74, 6) is -0.258. The van der Waals surface area contributed by atoms with Crippen molar-refractivity contribution in [3.05, 3.63) is 71.8 Å². The van der Waals surface area contributed by atoms with Crippen LogP contribution in [0.15, 0.2) is 54.7 Å². The summed E-state index contributed by atoms with van der Waals surface area (Å²) >= 11 is 0. The van der Waals surface area contributed by atoms with Crippen LogP contribution in [0.1, 0.15) is 28.9 Å². The molecule has 0 saturated carbocycles. The van der Waals surface area contributed by atoms with Crippen LogP contribution in [0, 0.1) is 12.7 Å². The van der Waals surface area contributed by atoms with Gasteiger partial charge in [-0.15, -0.1) is 0 Å². The van der Waals surface area contributed by atoms with E-state index in [1.807, 2.05) is 0 Å². The molecule has 1 aliphatic heterocycles. The van der Waals surface area contributed by atoms with Crippen molar-refractivity contribution in [2.24, 2.45) is 0 Å². The molecule has 1 unspecified atom stereocenters. The predicted octanol–water partition coefficient (Wildman–Crippen LogP) is 3.57. The quantitative estimate of drug-likeness (QED) is 0.682. The first kappa shape index (κ1) is 20.6. The van der Waals surface area contributed by atoms with Crippen molar-refractivity contribution in [1.29, 1.82) is 0 Å². The van der Waals surface area contributed by atoms with E-state index in [2.05, 4.69) is 10.4 Å². The van der Waals surface area contributed by atoms with Crippen LogP contribution in [-0.4, -0.2) is 46.2 Å². The van der Waals surface area contributed by atoms with E-state index < -0.39 is 11.9 Å². The highest BCUT2D eigenvalue weighted by Crippen LogP contribution is 2.25. The number of nitrogens with zero attached hydrogens (tertiary/aromatic N) is 3. The lowest BCUT2D eigenvalue weighted by atomic mass is 10.1. The fourth-order valence-electron chi connectivity index (χ4n) is 3.82. The van der Waals surface area contributed by atoms with Gasteiger partial charge >= 0.3 is 0 Å². The van der Waals surface area contributed by atoms with E-state index in [0.717, 1.165) is 6.42 Å². The van der Waals surface area contributed by atoms with Crippen LogP contribution in [0.25, 0.3) is 5.69 Å². The smallest absolute Gasteiger partial charge is 0.258 e. The van der Waals surface area contributed by atoms with Crippen LogP contribution >= 0.6 is 0 Å². The molecule has 31 heavy (non-hydrogen) atoms. The maximum absolute atomic E-state index is 14.2. The molecule has 1 aliphatic rings. The number of para-hydroxylation sites is 1. The van der Waals surface area contributed by atoms with Gasteiger partial charge in [0.2, 0.25) is 5.91 Å². The first-order chi connectivity index (χ1) is 15.0. The molecule has 2 aromatic carbocycles. The molecular weight excluding hydrogens is 399 g/mol. The molecule has 1 N–H and O–H groups in total. The largest absolute Gasteiger partial charge is 0.497 e. The molecule has 0 radical (unpaired) electrons. The molecule has 4 rings (SSSR count).